The molecule has 10 heavy (non-hydrogen) atoms. The molecule has 0 saturated heterocycles. The maximum Gasteiger partial charge on any atom is -0.00119 e. The minimum atomic E-state index is 1.08. The lowest BCUT2D eigenvalue weighted by atomic mass is 10.0. The van der Waals surface area contributed by atoms with Crippen LogP contribution in [0.3, 0.4) is 0 Å². The second kappa shape index (κ2) is 2.87. The van der Waals surface area contributed by atoms with Gasteiger partial charge in [-0.15, -0.1) is 0 Å². The van der Waals surface area contributed by atoms with Gasteiger partial charge in [-0.2, -0.15) is 0 Å². The van der Waals surface area contributed by atoms with Gasteiger partial charge >= 0.3 is 0 Å². The Bertz CT molecular complexity index is 211. The zero-order chi connectivity index (χ0) is 7.56. The van der Waals surface area contributed by atoms with Gasteiger partial charge in [0.1, 0.15) is 0 Å². The summed E-state index contributed by atoms with van der Waals surface area (Å²) in [5.41, 5.74) is 2.37. The highest BCUT2D eigenvalue weighted by Crippen LogP contribution is 2.13. The smallest absolute Gasteiger partial charge is 0.00119 e. The third-order valence-corrected chi connectivity index (χ3v) is 1.50. The average Bonchev–Trinajstić information content (AvgIpc) is 1.88. The van der Waals surface area contributed by atoms with Crippen LogP contribution in [-0.2, 0) is 0 Å². The topological polar surface area (TPSA) is 0 Å². The van der Waals surface area contributed by atoms with E-state index in [9.17, 15) is 0 Å². The van der Waals surface area contributed by atoms with Gasteiger partial charge in [-0.25, -0.2) is 0 Å². The van der Waals surface area contributed by atoms with Crippen molar-refractivity contribution in [2.45, 2.75) is 13.8 Å². The van der Waals surface area contributed by atoms with E-state index in [4.69, 9.17) is 0 Å². The summed E-state index contributed by atoms with van der Waals surface area (Å²) in [5.74, 6) is 1.34. The number of rotatable bonds is 1. The summed E-state index contributed by atoms with van der Waals surface area (Å²) >= 11 is 0. The summed E-state index contributed by atoms with van der Waals surface area (Å²) in [7, 11) is 0. The van der Waals surface area contributed by atoms with Gasteiger partial charge in [0.2, 0.25) is 0 Å². The Hall–Kier alpha value is -0.780. The van der Waals surface area contributed by atoms with E-state index in [1.807, 2.05) is 12.1 Å². The maximum atomic E-state index is 3.85. The summed E-state index contributed by atoms with van der Waals surface area (Å²) < 4.78 is 0. The van der Waals surface area contributed by atoms with Crippen molar-refractivity contribution in [1.82, 2.24) is 0 Å². The van der Waals surface area contributed by atoms with Crippen LogP contribution in [-0.4, -0.2) is 0 Å². The minimum Gasteiger partial charge on any atom is -0.0617 e. The molecule has 0 aliphatic rings. The van der Waals surface area contributed by atoms with Crippen LogP contribution in [0.1, 0.15) is 25.0 Å². The molecule has 0 amide bonds. The van der Waals surface area contributed by atoms with Gasteiger partial charge in [0.15, 0.2) is 0 Å². The third kappa shape index (κ3) is 1.60. The molecule has 0 bridgehead atoms. The molecule has 1 aromatic carbocycles. The fourth-order valence-electron chi connectivity index (χ4n) is 0.882. The molecule has 1 aromatic rings. The van der Waals surface area contributed by atoms with E-state index in [0.717, 1.165) is 5.56 Å². The van der Waals surface area contributed by atoms with Gasteiger partial charge in [-0.05, 0) is 24.0 Å². The average molecular weight is 132 g/mol. The van der Waals surface area contributed by atoms with E-state index >= 15 is 0 Å². The van der Waals surface area contributed by atoms with Crippen molar-refractivity contribution >= 4 is 0 Å². The number of benzene rings is 1. The van der Waals surface area contributed by atoms with Crippen LogP contribution in [0, 0.1) is 12.8 Å². The second-order valence-corrected chi connectivity index (χ2v) is 2.70. The molecule has 0 N–H and O–H groups in total. The van der Waals surface area contributed by atoms with E-state index in [-0.39, 0.29) is 0 Å². The predicted molar refractivity (Wildman–Crippen MR) is 44.6 cm³/mol. The quantitative estimate of drug-likeness (QED) is 0.551. The molecule has 0 heterocycles. The molecule has 0 saturated carbocycles. The molecule has 0 nitrogen and oxygen atoms in total. The van der Waals surface area contributed by atoms with Crippen molar-refractivity contribution in [3.8, 4) is 0 Å². The first-order valence-corrected chi connectivity index (χ1v) is 3.42. The van der Waals surface area contributed by atoms with Crippen LogP contribution >= 0.6 is 0 Å². The molecular formula is C10H12. The first-order valence-electron chi connectivity index (χ1n) is 3.42. The van der Waals surface area contributed by atoms with Crippen molar-refractivity contribution in [3.63, 3.8) is 0 Å². The SMILES string of the molecule is [CH2]c1cccc([C](C)C)c1. The zero-order valence-corrected chi connectivity index (χ0v) is 6.52. The third-order valence-electron chi connectivity index (χ3n) is 1.50. The lowest BCUT2D eigenvalue weighted by molar-refractivity contribution is 1.15. The van der Waals surface area contributed by atoms with E-state index in [0.29, 0.717) is 0 Å². The normalized spacial score (nSPS) is 10.4. The lowest BCUT2D eigenvalue weighted by Crippen LogP contribution is -1.87. The van der Waals surface area contributed by atoms with Gasteiger partial charge in [-0.3, -0.25) is 0 Å². The summed E-state index contributed by atoms with van der Waals surface area (Å²) in [4.78, 5) is 0. The van der Waals surface area contributed by atoms with Gasteiger partial charge < -0.3 is 0 Å². The fourth-order valence-corrected chi connectivity index (χ4v) is 0.882. The van der Waals surface area contributed by atoms with Crippen molar-refractivity contribution in [1.29, 1.82) is 0 Å². The Morgan fingerprint density at radius 1 is 1.30 bits per heavy atom. The fraction of sp³-hybridized carbons (Fsp3) is 0.200. The predicted octanol–water partition coefficient (Wildman–Crippen LogP) is 2.83. The van der Waals surface area contributed by atoms with E-state index in [1.165, 1.54) is 11.5 Å². The van der Waals surface area contributed by atoms with Crippen LogP contribution in [0.2, 0.25) is 0 Å². The Morgan fingerprint density at radius 2 is 2.00 bits per heavy atom. The molecule has 0 fully saturated rings. The number of hydrogen-bond donors (Lipinski definition) is 0. The Kier molecular flexibility index (Phi) is 2.10. The monoisotopic (exact) mass is 132 g/mol. The van der Waals surface area contributed by atoms with Crippen molar-refractivity contribution in [3.05, 3.63) is 48.2 Å². The van der Waals surface area contributed by atoms with Crippen molar-refractivity contribution in [2.24, 2.45) is 0 Å². The summed E-state index contributed by atoms with van der Waals surface area (Å²) in [5, 5.41) is 0. The molecule has 2 radical (unpaired) electrons. The van der Waals surface area contributed by atoms with Gasteiger partial charge in [0.05, 0.1) is 0 Å². The standard InChI is InChI=1S/C10H12/c1-8(2)10-6-4-5-9(3)7-10/h4-7H,3H2,1-2H3. The maximum absolute atomic E-state index is 3.85. The van der Waals surface area contributed by atoms with Gasteiger partial charge in [0, 0.05) is 0 Å². The van der Waals surface area contributed by atoms with Crippen molar-refractivity contribution < 1.29 is 0 Å². The summed E-state index contributed by atoms with van der Waals surface area (Å²) in [6.07, 6.45) is 0. The summed E-state index contributed by atoms with van der Waals surface area (Å²) in [6.45, 7) is 8.06. The van der Waals surface area contributed by atoms with Gasteiger partial charge in [0.25, 0.3) is 0 Å². The van der Waals surface area contributed by atoms with Crippen LogP contribution in [0.15, 0.2) is 24.3 Å². The Labute approximate surface area is 62.9 Å². The minimum absolute atomic E-state index is 1.08. The molecule has 52 valence electrons. The lowest BCUT2D eigenvalue weighted by Gasteiger charge is -2.03. The van der Waals surface area contributed by atoms with Crippen molar-refractivity contribution in [2.75, 3.05) is 0 Å². The van der Waals surface area contributed by atoms with Gasteiger partial charge in [-0.1, -0.05) is 38.1 Å². The zero-order valence-electron chi connectivity index (χ0n) is 6.52. The molecule has 0 aliphatic heterocycles. The van der Waals surface area contributed by atoms with Crippen LogP contribution in [0.4, 0.5) is 0 Å². The summed E-state index contributed by atoms with van der Waals surface area (Å²) in [6, 6.07) is 8.23. The molecule has 0 aromatic heterocycles. The molecule has 0 heteroatoms. The molecule has 0 aliphatic carbocycles. The van der Waals surface area contributed by atoms with E-state index in [1.54, 1.807) is 0 Å². The van der Waals surface area contributed by atoms with Crippen LogP contribution < -0.4 is 0 Å². The second-order valence-electron chi connectivity index (χ2n) is 2.70. The van der Waals surface area contributed by atoms with Crippen LogP contribution in [0.5, 0.6) is 0 Å². The molecule has 0 atom stereocenters. The highest BCUT2D eigenvalue weighted by Gasteiger charge is 1.96. The molecule has 1 rings (SSSR count). The molecule has 0 unspecified atom stereocenters. The number of hydrogen-bond acceptors (Lipinski definition) is 0. The molecule has 0 spiro atoms. The highest BCUT2D eigenvalue weighted by molar-refractivity contribution is 5.33. The Balaban J connectivity index is 2.96. The molecular weight excluding hydrogens is 120 g/mol. The van der Waals surface area contributed by atoms with E-state index in [2.05, 4.69) is 32.9 Å². The first-order chi connectivity index (χ1) is 4.70. The van der Waals surface area contributed by atoms with Crippen LogP contribution in [0.25, 0.3) is 0 Å². The largest absolute Gasteiger partial charge is 0.0617 e. The highest BCUT2D eigenvalue weighted by atomic mass is 14.0. The first kappa shape index (κ1) is 7.33. The Morgan fingerprint density at radius 3 is 2.40 bits per heavy atom. The van der Waals surface area contributed by atoms with E-state index < -0.39 is 0 Å².